The largest absolute Gasteiger partial charge is 0.494 e. The Hall–Kier alpha value is -2.44. The van der Waals surface area contributed by atoms with Crippen molar-refractivity contribution in [2.45, 2.75) is 25.9 Å². The van der Waals surface area contributed by atoms with Gasteiger partial charge in [-0.1, -0.05) is 18.2 Å². The number of hydrogen-bond donors (Lipinski definition) is 1. The molecule has 6 nitrogen and oxygen atoms in total. The molecule has 1 N–H and O–H groups in total. The Morgan fingerprint density at radius 2 is 2.07 bits per heavy atom. The Morgan fingerprint density at radius 1 is 1.19 bits per heavy atom. The van der Waals surface area contributed by atoms with E-state index in [0.717, 1.165) is 43.9 Å². The SMILES string of the molecule is CCOc1cccc(C(C(=O)O)N2CCCN(Cc3ccccn3)CC2)c1. The molecule has 1 aliphatic rings. The van der Waals surface area contributed by atoms with Gasteiger partial charge in [-0.3, -0.25) is 19.6 Å². The van der Waals surface area contributed by atoms with Gasteiger partial charge in [0.25, 0.3) is 0 Å². The van der Waals surface area contributed by atoms with Crippen molar-refractivity contribution in [1.29, 1.82) is 0 Å². The number of ether oxygens (including phenoxy) is 1. The molecule has 2 aromatic rings. The Morgan fingerprint density at radius 3 is 2.81 bits per heavy atom. The van der Waals surface area contributed by atoms with Gasteiger partial charge >= 0.3 is 5.97 Å². The fourth-order valence-corrected chi connectivity index (χ4v) is 3.58. The van der Waals surface area contributed by atoms with Crippen molar-refractivity contribution in [3.63, 3.8) is 0 Å². The predicted octanol–water partition coefficient (Wildman–Crippen LogP) is 2.81. The van der Waals surface area contributed by atoms with Crippen LogP contribution in [0.15, 0.2) is 48.7 Å². The van der Waals surface area contributed by atoms with Crippen LogP contribution in [0.1, 0.15) is 30.6 Å². The summed E-state index contributed by atoms with van der Waals surface area (Å²) in [7, 11) is 0. The van der Waals surface area contributed by atoms with Crippen LogP contribution >= 0.6 is 0 Å². The smallest absolute Gasteiger partial charge is 0.325 e. The first-order chi connectivity index (χ1) is 13.2. The molecule has 0 bridgehead atoms. The second-order valence-electron chi connectivity index (χ2n) is 6.73. The summed E-state index contributed by atoms with van der Waals surface area (Å²) < 4.78 is 5.55. The van der Waals surface area contributed by atoms with Crippen molar-refractivity contribution in [2.75, 3.05) is 32.8 Å². The zero-order valence-electron chi connectivity index (χ0n) is 15.8. The van der Waals surface area contributed by atoms with Gasteiger partial charge in [-0.25, -0.2) is 0 Å². The van der Waals surface area contributed by atoms with E-state index in [9.17, 15) is 9.90 Å². The predicted molar refractivity (Wildman–Crippen MR) is 104 cm³/mol. The van der Waals surface area contributed by atoms with Crippen LogP contribution in [-0.2, 0) is 11.3 Å². The number of rotatable bonds is 7. The Bertz CT molecular complexity index is 738. The summed E-state index contributed by atoms with van der Waals surface area (Å²) >= 11 is 0. The monoisotopic (exact) mass is 369 g/mol. The summed E-state index contributed by atoms with van der Waals surface area (Å²) in [5.74, 6) is -0.102. The minimum Gasteiger partial charge on any atom is -0.494 e. The standard InChI is InChI=1S/C21H27N3O3/c1-2-27-19-9-5-7-17(15-19)20(21(25)26)24-12-6-11-23(13-14-24)16-18-8-3-4-10-22-18/h3-5,7-10,15,20H,2,6,11-14,16H2,1H3,(H,25,26). The highest BCUT2D eigenvalue weighted by molar-refractivity contribution is 5.75. The molecule has 27 heavy (non-hydrogen) atoms. The normalized spacial score (nSPS) is 17.2. The second-order valence-corrected chi connectivity index (χ2v) is 6.73. The molecule has 1 unspecified atom stereocenters. The van der Waals surface area contributed by atoms with Crippen LogP contribution in [0.4, 0.5) is 0 Å². The molecule has 0 spiro atoms. The third-order valence-electron chi connectivity index (χ3n) is 4.82. The number of carbonyl (C=O) groups is 1. The summed E-state index contributed by atoms with van der Waals surface area (Å²) in [5.41, 5.74) is 1.82. The van der Waals surface area contributed by atoms with E-state index in [0.29, 0.717) is 18.9 Å². The van der Waals surface area contributed by atoms with Crippen molar-refractivity contribution in [2.24, 2.45) is 0 Å². The molecule has 1 atom stereocenters. The van der Waals surface area contributed by atoms with Gasteiger partial charge in [0.1, 0.15) is 11.8 Å². The van der Waals surface area contributed by atoms with E-state index in [1.807, 2.05) is 55.6 Å². The van der Waals surface area contributed by atoms with Crippen LogP contribution in [0.25, 0.3) is 0 Å². The lowest BCUT2D eigenvalue weighted by atomic mass is 10.0. The number of pyridine rings is 1. The molecular formula is C21H27N3O3. The molecule has 1 saturated heterocycles. The van der Waals surface area contributed by atoms with Crippen LogP contribution in [0, 0.1) is 0 Å². The van der Waals surface area contributed by atoms with E-state index in [2.05, 4.69) is 14.8 Å². The summed E-state index contributed by atoms with van der Waals surface area (Å²) in [6.45, 7) is 6.52. The number of aromatic nitrogens is 1. The minimum absolute atomic E-state index is 0.563. The summed E-state index contributed by atoms with van der Waals surface area (Å²) in [6, 6.07) is 12.7. The molecule has 144 valence electrons. The number of nitrogens with zero attached hydrogens (tertiary/aromatic N) is 3. The summed E-state index contributed by atoms with van der Waals surface area (Å²) in [5, 5.41) is 9.89. The molecule has 0 amide bonds. The number of carboxylic acid groups (broad SMARTS) is 1. The van der Waals surface area contributed by atoms with Gasteiger partial charge in [0.2, 0.25) is 0 Å². The fraction of sp³-hybridized carbons (Fsp3) is 0.429. The van der Waals surface area contributed by atoms with E-state index in [4.69, 9.17) is 4.74 Å². The van der Waals surface area contributed by atoms with Crippen molar-refractivity contribution in [3.8, 4) is 5.75 Å². The van der Waals surface area contributed by atoms with Gasteiger partial charge in [-0.2, -0.15) is 0 Å². The van der Waals surface area contributed by atoms with Crippen LogP contribution in [0.5, 0.6) is 5.75 Å². The molecule has 1 aromatic heterocycles. The molecule has 2 heterocycles. The lowest BCUT2D eigenvalue weighted by Gasteiger charge is -2.28. The maximum absolute atomic E-state index is 12.0. The molecule has 0 aliphatic carbocycles. The maximum Gasteiger partial charge on any atom is 0.325 e. The molecular weight excluding hydrogens is 342 g/mol. The number of aliphatic carboxylic acids is 1. The fourth-order valence-electron chi connectivity index (χ4n) is 3.58. The average molecular weight is 369 g/mol. The molecule has 0 saturated carbocycles. The van der Waals surface area contributed by atoms with Crippen molar-refractivity contribution in [1.82, 2.24) is 14.8 Å². The molecule has 1 aliphatic heterocycles. The average Bonchev–Trinajstić information content (AvgIpc) is 2.89. The van der Waals surface area contributed by atoms with E-state index < -0.39 is 12.0 Å². The third-order valence-corrected chi connectivity index (χ3v) is 4.82. The zero-order valence-corrected chi connectivity index (χ0v) is 15.8. The summed E-state index contributed by atoms with van der Waals surface area (Å²) in [4.78, 5) is 20.9. The van der Waals surface area contributed by atoms with Gasteiger partial charge < -0.3 is 9.84 Å². The van der Waals surface area contributed by atoms with Gasteiger partial charge in [0.15, 0.2) is 0 Å². The third kappa shape index (κ3) is 5.28. The number of benzene rings is 1. The van der Waals surface area contributed by atoms with Crippen molar-refractivity contribution < 1.29 is 14.6 Å². The van der Waals surface area contributed by atoms with Crippen LogP contribution < -0.4 is 4.74 Å². The van der Waals surface area contributed by atoms with E-state index in [1.165, 1.54) is 0 Å². The Kier molecular flexibility index (Phi) is 6.79. The molecule has 0 radical (unpaired) electrons. The van der Waals surface area contributed by atoms with E-state index in [-0.39, 0.29) is 0 Å². The highest BCUT2D eigenvalue weighted by Crippen LogP contribution is 2.26. The first-order valence-corrected chi connectivity index (χ1v) is 9.49. The van der Waals surface area contributed by atoms with Crippen LogP contribution in [0.3, 0.4) is 0 Å². The molecule has 6 heteroatoms. The quantitative estimate of drug-likeness (QED) is 0.810. The number of carboxylic acids is 1. The van der Waals surface area contributed by atoms with E-state index in [1.54, 1.807) is 0 Å². The van der Waals surface area contributed by atoms with Gasteiger partial charge in [0, 0.05) is 32.4 Å². The minimum atomic E-state index is -0.818. The Balaban J connectivity index is 1.69. The molecule has 1 aromatic carbocycles. The van der Waals surface area contributed by atoms with Gasteiger partial charge in [-0.15, -0.1) is 0 Å². The lowest BCUT2D eigenvalue weighted by Crippen LogP contribution is -2.37. The highest BCUT2D eigenvalue weighted by atomic mass is 16.5. The van der Waals surface area contributed by atoms with Crippen LogP contribution in [-0.4, -0.2) is 58.6 Å². The van der Waals surface area contributed by atoms with Crippen LogP contribution in [0.2, 0.25) is 0 Å². The zero-order chi connectivity index (χ0) is 19.1. The Labute approximate surface area is 160 Å². The molecule has 1 fully saturated rings. The maximum atomic E-state index is 12.0. The van der Waals surface area contributed by atoms with Gasteiger partial charge in [0.05, 0.1) is 12.3 Å². The van der Waals surface area contributed by atoms with Gasteiger partial charge in [-0.05, 0) is 49.7 Å². The van der Waals surface area contributed by atoms with Crippen molar-refractivity contribution >= 4 is 5.97 Å². The molecule has 3 rings (SSSR count). The summed E-state index contributed by atoms with van der Waals surface area (Å²) in [6.07, 6.45) is 2.74. The second kappa shape index (κ2) is 9.48. The lowest BCUT2D eigenvalue weighted by molar-refractivity contribution is -0.143. The number of hydrogen-bond acceptors (Lipinski definition) is 5. The van der Waals surface area contributed by atoms with Crippen molar-refractivity contribution in [3.05, 3.63) is 59.9 Å². The highest BCUT2D eigenvalue weighted by Gasteiger charge is 2.29. The topological polar surface area (TPSA) is 65.9 Å². The first-order valence-electron chi connectivity index (χ1n) is 9.49. The first kappa shape index (κ1) is 19.3. The van der Waals surface area contributed by atoms with E-state index >= 15 is 0 Å².